The lowest BCUT2D eigenvalue weighted by Gasteiger charge is -2.40. The number of hydrogen-bond donors (Lipinski definition) is 1. The number of anilines is 2. The lowest BCUT2D eigenvalue weighted by molar-refractivity contribution is 0.0526. The molecule has 1 heterocycles. The van der Waals surface area contributed by atoms with Gasteiger partial charge in [0, 0.05) is 12.6 Å². The van der Waals surface area contributed by atoms with Crippen molar-refractivity contribution in [3.8, 4) is 0 Å². The summed E-state index contributed by atoms with van der Waals surface area (Å²) in [6, 6.07) is 5.94. The van der Waals surface area contributed by atoms with Crippen LogP contribution in [0, 0.1) is 5.92 Å². The minimum Gasteiger partial charge on any atom is -0.462 e. The predicted molar refractivity (Wildman–Crippen MR) is 82.0 cm³/mol. The Morgan fingerprint density at radius 2 is 2.20 bits per heavy atom. The van der Waals surface area contributed by atoms with Crippen LogP contribution < -0.4 is 10.6 Å². The van der Waals surface area contributed by atoms with Crippen LogP contribution in [0.4, 0.5) is 11.4 Å². The minimum atomic E-state index is -0.314. The van der Waals surface area contributed by atoms with E-state index in [0.717, 1.165) is 12.2 Å². The third-order valence-electron chi connectivity index (χ3n) is 4.22. The first kappa shape index (κ1) is 14.7. The molecular weight excluding hydrogens is 252 g/mol. The van der Waals surface area contributed by atoms with Crippen molar-refractivity contribution in [2.45, 2.75) is 39.7 Å². The van der Waals surface area contributed by atoms with E-state index in [0.29, 0.717) is 29.8 Å². The van der Waals surface area contributed by atoms with Crippen LogP contribution in [0.1, 0.15) is 44.0 Å². The van der Waals surface area contributed by atoms with Gasteiger partial charge in [-0.3, -0.25) is 0 Å². The molecule has 0 spiro atoms. The van der Waals surface area contributed by atoms with Crippen LogP contribution in [0.15, 0.2) is 18.2 Å². The van der Waals surface area contributed by atoms with Gasteiger partial charge in [-0.05, 0) is 50.8 Å². The third kappa shape index (κ3) is 2.89. The first-order valence-electron chi connectivity index (χ1n) is 7.38. The van der Waals surface area contributed by atoms with E-state index in [4.69, 9.17) is 10.5 Å². The lowest BCUT2D eigenvalue weighted by Crippen LogP contribution is -2.42. The summed E-state index contributed by atoms with van der Waals surface area (Å²) < 4.78 is 5.00. The number of esters is 1. The van der Waals surface area contributed by atoms with Gasteiger partial charge in [0.05, 0.1) is 23.5 Å². The lowest BCUT2D eigenvalue weighted by atomic mass is 9.91. The highest BCUT2D eigenvalue weighted by molar-refractivity contribution is 5.92. The van der Waals surface area contributed by atoms with Crippen LogP contribution >= 0.6 is 0 Å². The fourth-order valence-corrected chi connectivity index (χ4v) is 2.83. The summed E-state index contributed by atoms with van der Waals surface area (Å²) in [7, 11) is 0. The number of ether oxygens (including phenoxy) is 1. The van der Waals surface area contributed by atoms with Crippen LogP contribution in [0.5, 0.6) is 0 Å². The monoisotopic (exact) mass is 276 g/mol. The highest BCUT2D eigenvalue weighted by Crippen LogP contribution is 2.32. The van der Waals surface area contributed by atoms with Crippen molar-refractivity contribution >= 4 is 17.3 Å². The minimum absolute atomic E-state index is 0.314. The number of piperidine rings is 1. The van der Waals surface area contributed by atoms with Crippen LogP contribution in [0.25, 0.3) is 0 Å². The zero-order chi connectivity index (χ0) is 14.7. The molecule has 4 heteroatoms. The molecule has 20 heavy (non-hydrogen) atoms. The first-order chi connectivity index (χ1) is 9.54. The number of carbonyl (C=O) groups is 1. The number of carbonyl (C=O) groups excluding carboxylic acids is 1. The van der Waals surface area contributed by atoms with Gasteiger partial charge >= 0.3 is 5.97 Å². The number of nitrogens with zero attached hydrogens (tertiary/aromatic N) is 1. The molecule has 0 bridgehead atoms. The van der Waals surface area contributed by atoms with E-state index in [1.165, 1.54) is 12.8 Å². The zero-order valence-corrected chi connectivity index (χ0v) is 12.6. The van der Waals surface area contributed by atoms with Gasteiger partial charge in [0.15, 0.2) is 0 Å². The Morgan fingerprint density at radius 3 is 2.85 bits per heavy atom. The summed E-state index contributed by atoms with van der Waals surface area (Å²) >= 11 is 0. The van der Waals surface area contributed by atoms with Crippen LogP contribution in [-0.2, 0) is 4.74 Å². The molecule has 0 radical (unpaired) electrons. The van der Waals surface area contributed by atoms with Gasteiger partial charge < -0.3 is 15.4 Å². The molecular formula is C16H24N2O2. The average molecular weight is 276 g/mol. The molecule has 2 atom stereocenters. The van der Waals surface area contributed by atoms with E-state index < -0.39 is 0 Å². The van der Waals surface area contributed by atoms with Crippen molar-refractivity contribution in [2.75, 3.05) is 23.8 Å². The largest absolute Gasteiger partial charge is 0.462 e. The maximum absolute atomic E-state index is 11.7. The van der Waals surface area contributed by atoms with E-state index in [2.05, 4.69) is 18.7 Å². The van der Waals surface area contributed by atoms with Gasteiger partial charge in [-0.25, -0.2) is 4.79 Å². The summed E-state index contributed by atoms with van der Waals surface area (Å²) in [6.07, 6.45) is 2.45. The van der Waals surface area contributed by atoms with Gasteiger partial charge in [-0.2, -0.15) is 0 Å². The molecule has 2 rings (SSSR count). The Kier molecular flexibility index (Phi) is 4.53. The molecule has 4 nitrogen and oxygen atoms in total. The Hall–Kier alpha value is -1.71. The first-order valence-corrected chi connectivity index (χ1v) is 7.38. The molecule has 1 aromatic carbocycles. The molecule has 1 aromatic rings. The second kappa shape index (κ2) is 6.16. The van der Waals surface area contributed by atoms with E-state index in [-0.39, 0.29) is 5.97 Å². The SMILES string of the molecule is CCOC(=O)c1ccc(N2CCCC(C)C2C)c(N)c1. The number of hydrogen-bond acceptors (Lipinski definition) is 4. The van der Waals surface area contributed by atoms with Gasteiger partial charge in [0.2, 0.25) is 0 Å². The standard InChI is InChI=1S/C16H24N2O2/c1-4-20-16(19)13-7-8-15(14(17)10-13)18-9-5-6-11(2)12(18)3/h7-8,10-12H,4-6,9,17H2,1-3H3. The highest BCUT2D eigenvalue weighted by Gasteiger charge is 2.26. The molecule has 2 unspecified atom stereocenters. The maximum Gasteiger partial charge on any atom is 0.338 e. The van der Waals surface area contributed by atoms with E-state index >= 15 is 0 Å². The molecule has 1 saturated heterocycles. The smallest absolute Gasteiger partial charge is 0.338 e. The van der Waals surface area contributed by atoms with Gasteiger partial charge in [0.25, 0.3) is 0 Å². The van der Waals surface area contributed by atoms with E-state index in [1.807, 2.05) is 6.07 Å². The van der Waals surface area contributed by atoms with Crippen molar-refractivity contribution in [2.24, 2.45) is 5.92 Å². The average Bonchev–Trinajstić information content (AvgIpc) is 2.42. The number of nitrogen functional groups attached to an aromatic ring is 1. The topological polar surface area (TPSA) is 55.6 Å². The van der Waals surface area contributed by atoms with Crippen LogP contribution in [-0.4, -0.2) is 25.2 Å². The Morgan fingerprint density at radius 1 is 1.45 bits per heavy atom. The quantitative estimate of drug-likeness (QED) is 0.681. The molecule has 0 aliphatic carbocycles. The van der Waals surface area contributed by atoms with Crippen molar-refractivity contribution in [1.29, 1.82) is 0 Å². The zero-order valence-electron chi connectivity index (χ0n) is 12.6. The normalized spacial score (nSPS) is 22.6. The second-order valence-electron chi connectivity index (χ2n) is 5.55. The number of benzene rings is 1. The number of rotatable bonds is 3. The molecule has 1 aliphatic rings. The Bertz CT molecular complexity index is 487. The summed E-state index contributed by atoms with van der Waals surface area (Å²) in [5.74, 6) is 0.346. The predicted octanol–water partition coefficient (Wildman–Crippen LogP) is 3.07. The van der Waals surface area contributed by atoms with Gasteiger partial charge in [0.1, 0.15) is 0 Å². The molecule has 1 fully saturated rings. The van der Waals surface area contributed by atoms with Crippen molar-refractivity contribution < 1.29 is 9.53 Å². The molecule has 0 aromatic heterocycles. The Labute approximate surface area is 120 Å². The molecule has 2 N–H and O–H groups in total. The van der Waals surface area contributed by atoms with Crippen LogP contribution in [0.3, 0.4) is 0 Å². The summed E-state index contributed by atoms with van der Waals surface area (Å²) in [6.45, 7) is 7.71. The molecule has 0 amide bonds. The molecule has 0 saturated carbocycles. The molecule has 110 valence electrons. The van der Waals surface area contributed by atoms with Gasteiger partial charge in [-0.1, -0.05) is 6.92 Å². The summed E-state index contributed by atoms with van der Waals surface area (Å²) in [4.78, 5) is 14.1. The second-order valence-corrected chi connectivity index (χ2v) is 5.55. The van der Waals surface area contributed by atoms with Crippen molar-refractivity contribution in [1.82, 2.24) is 0 Å². The maximum atomic E-state index is 11.7. The van der Waals surface area contributed by atoms with Crippen LogP contribution in [0.2, 0.25) is 0 Å². The fraction of sp³-hybridized carbons (Fsp3) is 0.562. The Balaban J connectivity index is 2.23. The third-order valence-corrected chi connectivity index (χ3v) is 4.22. The van der Waals surface area contributed by atoms with E-state index in [1.54, 1.807) is 19.1 Å². The molecule has 1 aliphatic heterocycles. The fourth-order valence-electron chi connectivity index (χ4n) is 2.83. The number of nitrogens with two attached hydrogens (primary N) is 1. The highest BCUT2D eigenvalue weighted by atomic mass is 16.5. The summed E-state index contributed by atoms with van der Waals surface area (Å²) in [5.41, 5.74) is 8.34. The summed E-state index contributed by atoms with van der Waals surface area (Å²) in [5, 5.41) is 0. The van der Waals surface area contributed by atoms with Crippen molar-refractivity contribution in [3.05, 3.63) is 23.8 Å². The van der Waals surface area contributed by atoms with Crippen molar-refractivity contribution in [3.63, 3.8) is 0 Å². The van der Waals surface area contributed by atoms with E-state index in [9.17, 15) is 4.79 Å². The van der Waals surface area contributed by atoms with Gasteiger partial charge in [-0.15, -0.1) is 0 Å².